The molecule has 2 rings (SSSR count). The van der Waals surface area contributed by atoms with Gasteiger partial charge in [-0.1, -0.05) is 18.3 Å². The van der Waals surface area contributed by atoms with Crippen LogP contribution in [0.2, 0.25) is 0 Å². The Balaban J connectivity index is 2.21. The molecule has 1 unspecified atom stereocenters. The van der Waals surface area contributed by atoms with Crippen LogP contribution in [0.25, 0.3) is 0 Å². The van der Waals surface area contributed by atoms with E-state index in [1.807, 2.05) is 17.1 Å². The average molecular weight is 358 g/mol. The first-order valence-electron chi connectivity index (χ1n) is 6.87. The third-order valence-corrected chi connectivity index (χ3v) is 4.71. The van der Waals surface area contributed by atoms with E-state index in [1.165, 1.54) is 17.2 Å². The fourth-order valence-electron chi connectivity index (χ4n) is 2.16. The van der Waals surface area contributed by atoms with Crippen molar-refractivity contribution in [2.45, 2.75) is 39.2 Å². The number of aryl methyl sites for hydroxylation is 2. The largest absolute Gasteiger partial charge is 0.308 e. The molecule has 2 aromatic rings. The van der Waals surface area contributed by atoms with Crippen molar-refractivity contribution in [3.8, 4) is 0 Å². The highest BCUT2D eigenvalue weighted by Crippen LogP contribution is 2.26. The van der Waals surface area contributed by atoms with Crippen molar-refractivity contribution in [2.75, 3.05) is 6.54 Å². The molecule has 1 atom stereocenters. The van der Waals surface area contributed by atoms with Crippen molar-refractivity contribution < 1.29 is 0 Å². The fourth-order valence-corrected chi connectivity index (χ4v) is 3.44. The molecular formula is C13H20BrN5S. The van der Waals surface area contributed by atoms with Crippen LogP contribution < -0.4 is 5.32 Å². The molecule has 0 amide bonds. The second-order valence-corrected chi connectivity index (χ2v) is 6.13. The summed E-state index contributed by atoms with van der Waals surface area (Å²) in [4.78, 5) is 0. The smallest absolute Gasteiger partial charge is 0.0928 e. The Morgan fingerprint density at radius 1 is 1.45 bits per heavy atom. The molecule has 0 saturated carbocycles. The molecule has 1 N–H and O–H groups in total. The van der Waals surface area contributed by atoms with Crippen molar-refractivity contribution in [3.63, 3.8) is 0 Å². The summed E-state index contributed by atoms with van der Waals surface area (Å²) in [6, 6.07) is 0.185. The second kappa shape index (κ2) is 7.28. The Morgan fingerprint density at radius 2 is 2.25 bits per heavy atom. The van der Waals surface area contributed by atoms with Gasteiger partial charge < -0.3 is 5.32 Å². The maximum atomic E-state index is 4.55. The number of nitrogens with zero attached hydrogens (tertiary/aromatic N) is 4. The van der Waals surface area contributed by atoms with Gasteiger partial charge in [0.2, 0.25) is 0 Å². The van der Waals surface area contributed by atoms with E-state index in [0.717, 1.165) is 41.7 Å². The zero-order valence-corrected chi connectivity index (χ0v) is 14.5. The van der Waals surface area contributed by atoms with Gasteiger partial charge in [-0.05, 0) is 46.8 Å². The minimum absolute atomic E-state index is 0.185. The van der Waals surface area contributed by atoms with Crippen LogP contribution in [-0.4, -0.2) is 25.9 Å². The average Bonchev–Trinajstić information content (AvgIpc) is 3.05. The molecule has 0 radical (unpaired) electrons. The summed E-state index contributed by atoms with van der Waals surface area (Å²) in [6.07, 6.45) is 2.88. The molecule has 0 aromatic carbocycles. The number of nitrogens with one attached hydrogen (secondary N) is 1. The Labute approximate surface area is 132 Å². The first-order valence-corrected chi connectivity index (χ1v) is 8.50. The van der Waals surface area contributed by atoms with Gasteiger partial charge in [0.1, 0.15) is 0 Å². The molecule has 2 aromatic heterocycles. The third-order valence-electron chi connectivity index (χ3n) is 3.28. The van der Waals surface area contributed by atoms with E-state index in [-0.39, 0.29) is 6.04 Å². The summed E-state index contributed by atoms with van der Waals surface area (Å²) in [5.41, 5.74) is 3.31. The van der Waals surface area contributed by atoms with Crippen LogP contribution in [-0.2, 0) is 19.9 Å². The van der Waals surface area contributed by atoms with E-state index in [2.05, 4.69) is 49.8 Å². The molecule has 0 saturated heterocycles. The van der Waals surface area contributed by atoms with Gasteiger partial charge in [-0.15, -0.1) is 5.10 Å². The van der Waals surface area contributed by atoms with Gasteiger partial charge in [0, 0.05) is 18.8 Å². The SMILES string of the molecule is CCCNC(Cc1c(Br)c(CC)nn1C)c1csnn1. The van der Waals surface area contributed by atoms with E-state index >= 15 is 0 Å². The van der Waals surface area contributed by atoms with Crippen molar-refractivity contribution in [1.82, 2.24) is 24.7 Å². The predicted molar refractivity (Wildman–Crippen MR) is 84.9 cm³/mol. The van der Waals surface area contributed by atoms with Gasteiger partial charge in [-0.25, -0.2) is 0 Å². The Hall–Kier alpha value is -0.790. The molecule has 2 heterocycles. The monoisotopic (exact) mass is 357 g/mol. The molecular weight excluding hydrogens is 338 g/mol. The quantitative estimate of drug-likeness (QED) is 0.827. The predicted octanol–water partition coefficient (Wildman–Crippen LogP) is 2.88. The van der Waals surface area contributed by atoms with Crippen LogP contribution in [0.5, 0.6) is 0 Å². The van der Waals surface area contributed by atoms with Gasteiger partial charge in [-0.3, -0.25) is 4.68 Å². The van der Waals surface area contributed by atoms with E-state index < -0.39 is 0 Å². The third kappa shape index (κ3) is 3.45. The normalized spacial score (nSPS) is 12.8. The summed E-state index contributed by atoms with van der Waals surface area (Å²) in [7, 11) is 2.00. The Morgan fingerprint density at radius 3 is 2.80 bits per heavy atom. The number of halogens is 1. The first kappa shape index (κ1) is 15.6. The molecule has 0 fully saturated rings. The van der Waals surface area contributed by atoms with Crippen LogP contribution >= 0.6 is 27.5 Å². The van der Waals surface area contributed by atoms with Crippen molar-refractivity contribution >= 4 is 27.5 Å². The summed E-state index contributed by atoms with van der Waals surface area (Å²) in [5.74, 6) is 0. The number of hydrogen-bond acceptors (Lipinski definition) is 5. The highest BCUT2D eigenvalue weighted by molar-refractivity contribution is 9.10. The molecule has 0 aliphatic carbocycles. The fraction of sp³-hybridized carbons (Fsp3) is 0.615. The van der Waals surface area contributed by atoms with Gasteiger partial charge in [0.25, 0.3) is 0 Å². The zero-order chi connectivity index (χ0) is 14.5. The van der Waals surface area contributed by atoms with Crippen LogP contribution in [0, 0.1) is 0 Å². The van der Waals surface area contributed by atoms with Gasteiger partial charge in [-0.2, -0.15) is 5.10 Å². The van der Waals surface area contributed by atoms with Crippen LogP contribution in [0.1, 0.15) is 43.4 Å². The highest BCUT2D eigenvalue weighted by atomic mass is 79.9. The molecule has 7 heteroatoms. The maximum absolute atomic E-state index is 4.55. The lowest BCUT2D eigenvalue weighted by molar-refractivity contribution is 0.500. The molecule has 110 valence electrons. The van der Waals surface area contributed by atoms with Crippen molar-refractivity contribution in [2.24, 2.45) is 7.05 Å². The number of aromatic nitrogens is 4. The van der Waals surface area contributed by atoms with Gasteiger partial charge >= 0.3 is 0 Å². The van der Waals surface area contributed by atoms with E-state index in [9.17, 15) is 0 Å². The highest BCUT2D eigenvalue weighted by Gasteiger charge is 2.20. The van der Waals surface area contributed by atoms with Crippen LogP contribution in [0.4, 0.5) is 0 Å². The number of hydrogen-bond donors (Lipinski definition) is 1. The molecule has 0 aliphatic heterocycles. The standard InChI is InChI=1S/C13H20BrN5S/c1-4-6-15-10(11-8-20-18-16-11)7-12-13(14)9(5-2)17-19(12)3/h8,10,15H,4-7H2,1-3H3. The van der Waals surface area contributed by atoms with Crippen LogP contribution in [0.3, 0.4) is 0 Å². The number of rotatable bonds is 7. The summed E-state index contributed by atoms with van der Waals surface area (Å²) in [6.45, 7) is 5.25. The molecule has 20 heavy (non-hydrogen) atoms. The Bertz CT molecular complexity index is 537. The first-order chi connectivity index (χ1) is 9.67. The van der Waals surface area contributed by atoms with Gasteiger partial charge in [0.05, 0.1) is 27.6 Å². The second-order valence-electron chi connectivity index (χ2n) is 4.73. The van der Waals surface area contributed by atoms with E-state index in [1.54, 1.807) is 0 Å². The zero-order valence-electron chi connectivity index (χ0n) is 12.1. The lowest BCUT2D eigenvalue weighted by Gasteiger charge is -2.16. The van der Waals surface area contributed by atoms with Gasteiger partial charge in [0.15, 0.2) is 0 Å². The minimum atomic E-state index is 0.185. The molecule has 0 aliphatic rings. The Kier molecular flexibility index (Phi) is 5.68. The summed E-state index contributed by atoms with van der Waals surface area (Å²) in [5, 5.41) is 14.3. The van der Waals surface area contributed by atoms with Crippen LogP contribution in [0.15, 0.2) is 9.85 Å². The minimum Gasteiger partial charge on any atom is -0.308 e. The lowest BCUT2D eigenvalue weighted by atomic mass is 10.1. The van der Waals surface area contributed by atoms with Crippen molar-refractivity contribution in [1.29, 1.82) is 0 Å². The molecule has 0 bridgehead atoms. The molecule has 0 spiro atoms. The summed E-state index contributed by atoms with van der Waals surface area (Å²) < 4.78 is 7.06. The summed E-state index contributed by atoms with van der Waals surface area (Å²) >= 11 is 5.07. The van der Waals surface area contributed by atoms with E-state index in [0.29, 0.717) is 0 Å². The topological polar surface area (TPSA) is 55.6 Å². The van der Waals surface area contributed by atoms with Crippen molar-refractivity contribution in [3.05, 3.63) is 26.9 Å². The maximum Gasteiger partial charge on any atom is 0.0928 e. The molecule has 5 nitrogen and oxygen atoms in total. The van der Waals surface area contributed by atoms with E-state index in [4.69, 9.17) is 0 Å². The lowest BCUT2D eigenvalue weighted by Crippen LogP contribution is -2.25.